The van der Waals surface area contributed by atoms with Crippen molar-refractivity contribution in [3.63, 3.8) is 0 Å². The highest BCUT2D eigenvalue weighted by Crippen LogP contribution is 2.28. The number of nitrogens with zero attached hydrogens (tertiary/aromatic N) is 1. The third kappa shape index (κ3) is 2.39. The highest BCUT2D eigenvalue weighted by Gasteiger charge is 2.30. The second-order valence-corrected chi connectivity index (χ2v) is 4.88. The van der Waals surface area contributed by atoms with Crippen LogP contribution >= 0.6 is 0 Å². The van der Waals surface area contributed by atoms with Crippen LogP contribution in [-0.2, 0) is 0 Å². The van der Waals surface area contributed by atoms with Crippen molar-refractivity contribution in [3.05, 3.63) is 35.4 Å². The van der Waals surface area contributed by atoms with Gasteiger partial charge in [0.2, 0.25) is 0 Å². The van der Waals surface area contributed by atoms with Crippen LogP contribution in [0.5, 0.6) is 0 Å². The van der Waals surface area contributed by atoms with Crippen molar-refractivity contribution in [2.45, 2.75) is 32.4 Å². The number of benzene rings is 1. The van der Waals surface area contributed by atoms with Gasteiger partial charge in [-0.3, -0.25) is 0 Å². The van der Waals surface area contributed by atoms with Crippen LogP contribution in [0, 0.1) is 6.92 Å². The first kappa shape index (κ1) is 12.2. The van der Waals surface area contributed by atoms with Crippen LogP contribution in [0.3, 0.4) is 0 Å². The van der Waals surface area contributed by atoms with Crippen molar-refractivity contribution < 1.29 is 0 Å². The van der Waals surface area contributed by atoms with Crippen LogP contribution in [-0.4, -0.2) is 24.5 Å². The number of nitrogens with two attached hydrogens (primary N) is 1. The number of rotatable bonds is 3. The second-order valence-electron chi connectivity index (χ2n) is 4.88. The topological polar surface area (TPSA) is 29.3 Å². The zero-order valence-electron chi connectivity index (χ0n) is 10.4. The predicted octanol–water partition coefficient (Wildman–Crippen LogP) is 2.34. The maximum Gasteiger partial charge on any atom is 0.0479 e. The lowest BCUT2D eigenvalue weighted by Gasteiger charge is -2.38. The molecule has 1 unspecified atom stereocenters. The van der Waals surface area contributed by atoms with Crippen LogP contribution in [0.15, 0.2) is 24.3 Å². The third-order valence-electron chi connectivity index (χ3n) is 3.44. The van der Waals surface area contributed by atoms with Crippen molar-refractivity contribution in [1.29, 1.82) is 0 Å². The molecule has 0 fully saturated rings. The van der Waals surface area contributed by atoms with E-state index < -0.39 is 0 Å². The average molecular weight is 206 g/mol. The summed E-state index contributed by atoms with van der Waals surface area (Å²) < 4.78 is 0. The Labute approximate surface area is 93.1 Å². The Morgan fingerprint density at radius 2 is 1.73 bits per heavy atom. The van der Waals surface area contributed by atoms with E-state index in [1.807, 2.05) is 12.1 Å². The normalized spacial score (nSPS) is 14.3. The molecule has 1 aromatic carbocycles. The Balaban J connectivity index is 3.04. The summed E-state index contributed by atoms with van der Waals surface area (Å²) in [4.78, 5) is 2.17. The average Bonchev–Trinajstić information content (AvgIpc) is 2.17. The van der Waals surface area contributed by atoms with Crippen LogP contribution in [0.4, 0.5) is 0 Å². The highest BCUT2D eigenvalue weighted by molar-refractivity contribution is 5.30. The largest absolute Gasteiger partial charge is 0.322 e. The van der Waals surface area contributed by atoms with E-state index in [1.165, 1.54) is 11.1 Å². The highest BCUT2D eigenvalue weighted by atomic mass is 15.2. The molecule has 2 nitrogen and oxygen atoms in total. The number of hydrogen-bond acceptors (Lipinski definition) is 2. The van der Waals surface area contributed by atoms with E-state index in [2.05, 4.69) is 51.9 Å². The van der Waals surface area contributed by atoms with Crippen molar-refractivity contribution in [2.24, 2.45) is 5.73 Å². The van der Waals surface area contributed by atoms with Crippen LogP contribution in [0.25, 0.3) is 0 Å². The fraction of sp³-hybridized carbons (Fsp3) is 0.538. The van der Waals surface area contributed by atoms with Gasteiger partial charge in [0.1, 0.15) is 0 Å². The molecule has 0 saturated carbocycles. The first-order valence-corrected chi connectivity index (χ1v) is 5.36. The van der Waals surface area contributed by atoms with Gasteiger partial charge >= 0.3 is 0 Å². The van der Waals surface area contributed by atoms with Gasteiger partial charge in [0, 0.05) is 11.6 Å². The van der Waals surface area contributed by atoms with Gasteiger partial charge in [-0.15, -0.1) is 0 Å². The molecule has 0 radical (unpaired) electrons. The molecule has 0 bridgehead atoms. The molecule has 0 aromatic heterocycles. The molecule has 1 aromatic rings. The molecular formula is C13H22N2. The Bertz CT molecular complexity index is 329. The molecule has 0 aliphatic rings. The first-order valence-electron chi connectivity index (χ1n) is 5.36. The van der Waals surface area contributed by atoms with Gasteiger partial charge in [-0.1, -0.05) is 24.3 Å². The number of aryl methyl sites for hydroxylation is 1. The van der Waals surface area contributed by atoms with Gasteiger partial charge in [-0.2, -0.15) is 0 Å². The van der Waals surface area contributed by atoms with Gasteiger partial charge in [-0.05, 0) is 46.0 Å². The number of likely N-dealkylation sites (N-methyl/N-ethyl adjacent to an activating group) is 1. The molecule has 0 aliphatic carbocycles. The Morgan fingerprint density at radius 1 is 1.20 bits per heavy atom. The Kier molecular flexibility index (Phi) is 3.53. The van der Waals surface area contributed by atoms with E-state index >= 15 is 0 Å². The summed E-state index contributed by atoms with van der Waals surface area (Å²) in [6.07, 6.45) is 0. The summed E-state index contributed by atoms with van der Waals surface area (Å²) in [7, 11) is 4.14. The smallest absolute Gasteiger partial charge is 0.0479 e. The molecule has 2 heteroatoms. The molecule has 0 saturated heterocycles. The Hall–Kier alpha value is -0.860. The summed E-state index contributed by atoms with van der Waals surface area (Å²) in [6.45, 7) is 6.45. The maximum atomic E-state index is 6.33. The fourth-order valence-corrected chi connectivity index (χ4v) is 1.59. The summed E-state index contributed by atoms with van der Waals surface area (Å²) in [5.74, 6) is 0. The lowest BCUT2D eigenvalue weighted by Crippen LogP contribution is -2.47. The molecule has 0 amide bonds. The van der Waals surface area contributed by atoms with Gasteiger partial charge in [0.05, 0.1) is 0 Å². The minimum Gasteiger partial charge on any atom is -0.322 e. The second kappa shape index (κ2) is 4.33. The lowest BCUT2D eigenvalue weighted by molar-refractivity contribution is 0.158. The summed E-state index contributed by atoms with van der Waals surface area (Å²) in [5.41, 5.74) is 8.79. The van der Waals surface area contributed by atoms with Gasteiger partial charge in [0.25, 0.3) is 0 Å². The van der Waals surface area contributed by atoms with E-state index in [-0.39, 0.29) is 11.6 Å². The van der Waals surface area contributed by atoms with E-state index in [4.69, 9.17) is 5.73 Å². The maximum absolute atomic E-state index is 6.33. The van der Waals surface area contributed by atoms with Crippen molar-refractivity contribution >= 4 is 0 Å². The van der Waals surface area contributed by atoms with E-state index in [9.17, 15) is 0 Å². The minimum atomic E-state index is -0.0356. The third-order valence-corrected chi connectivity index (χ3v) is 3.44. The summed E-state index contributed by atoms with van der Waals surface area (Å²) >= 11 is 0. The number of hydrogen-bond donors (Lipinski definition) is 1. The summed E-state index contributed by atoms with van der Waals surface area (Å²) in [5, 5.41) is 0. The van der Waals surface area contributed by atoms with Gasteiger partial charge in [0.15, 0.2) is 0 Å². The van der Waals surface area contributed by atoms with Gasteiger partial charge in [-0.25, -0.2) is 0 Å². The predicted molar refractivity (Wildman–Crippen MR) is 65.9 cm³/mol. The van der Waals surface area contributed by atoms with Crippen LogP contribution in [0.2, 0.25) is 0 Å². The zero-order chi connectivity index (χ0) is 11.6. The molecule has 84 valence electrons. The van der Waals surface area contributed by atoms with Gasteiger partial charge < -0.3 is 10.6 Å². The summed E-state index contributed by atoms with van der Waals surface area (Å²) in [6, 6.07) is 8.36. The molecule has 1 rings (SSSR count). The quantitative estimate of drug-likeness (QED) is 0.822. The zero-order valence-corrected chi connectivity index (χ0v) is 10.4. The van der Waals surface area contributed by atoms with Crippen molar-refractivity contribution in [1.82, 2.24) is 4.90 Å². The van der Waals surface area contributed by atoms with Crippen molar-refractivity contribution in [3.8, 4) is 0 Å². The molecule has 0 spiro atoms. The Morgan fingerprint density at radius 3 is 2.20 bits per heavy atom. The van der Waals surface area contributed by atoms with E-state index in [1.54, 1.807) is 0 Å². The standard InChI is InChI=1S/C13H22N2/c1-10-8-6-7-9-11(10)12(14)13(2,3)15(4)5/h6-9,12H,14H2,1-5H3. The monoisotopic (exact) mass is 206 g/mol. The van der Waals surface area contributed by atoms with E-state index in [0.29, 0.717) is 0 Å². The molecular weight excluding hydrogens is 184 g/mol. The molecule has 0 heterocycles. The SMILES string of the molecule is Cc1ccccc1C(N)C(C)(C)N(C)C. The molecule has 15 heavy (non-hydrogen) atoms. The van der Waals surface area contributed by atoms with E-state index in [0.717, 1.165) is 0 Å². The first-order chi connectivity index (χ1) is 6.87. The molecule has 0 aliphatic heterocycles. The minimum absolute atomic E-state index is 0.0356. The van der Waals surface area contributed by atoms with Crippen molar-refractivity contribution in [2.75, 3.05) is 14.1 Å². The molecule has 1 atom stereocenters. The lowest BCUT2D eigenvalue weighted by atomic mass is 9.86. The fourth-order valence-electron chi connectivity index (χ4n) is 1.59. The molecule has 2 N–H and O–H groups in total. The van der Waals surface area contributed by atoms with Crippen LogP contribution < -0.4 is 5.73 Å². The van der Waals surface area contributed by atoms with Crippen LogP contribution in [0.1, 0.15) is 31.0 Å².